The Morgan fingerprint density at radius 3 is 2.72 bits per heavy atom. The predicted octanol–water partition coefficient (Wildman–Crippen LogP) is 5.27. The zero-order chi connectivity index (χ0) is 22.5. The fourth-order valence-electron chi connectivity index (χ4n) is 3.67. The third-order valence-corrected chi connectivity index (χ3v) is 6.16. The molecule has 0 spiro atoms. The molecular formula is C25H28N2O4S. The molecule has 0 aromatic heterocycles. The minimum absolute atomic E-state index is 0.0263. The van der Waals surface area contributed by atoms with E-state index in [9.17, 15) is 4.79 Å². The van der Waals surface area contributed by atoms with Gasteiger partial charge < -0.3 is 14.2 Å². The standard InChI is InChI=1S/C25H28N2O4S/c1-17(2)31-23-18(9-7-13-21(23)29-3)15-22-24(28)27(16-20-12-8-14-30-20)25(32-22)26-19-10-5-4-6-11-19/h4-7,9-11,13,15,17,20H,8,12,14,16H2,1-3H3/b22-15-,26-25?/t20-/m1/s1. The Morgan fingerprint density at radius 2 is 2.03 bits per heavy atom. The van der Waals surface area contributed by atoms with Crippen LogP contribution in [0.1, 0.15) is 32.3 Å². The van der Waals surface area contributed by atoms with E-state index in [0.29, 0.717) is 28.1 Å². The number of ether oxygens (including phenoxy) is 3. The number of aliphatic imine (C=N–C) groups is 1. The first kappa shape index (κ1) is 22.4. The highest BCUT2D eigenvalue weighted by atomic mass is 32.2. The monoisotopic (exact) mass is 452 g/mol. The summed E-state index contributed by atoms with van der Waals surface area (Å²) in [6.45, 7) is 5.18. The SMILES string of the molecule is COc1cccc(/C=C2\SC(=Nc3ccccc3)N(C[C@H]3CCCO3)C2=O)c1OC(C)C. The maximum atomic E-state index is 13.4. The zero-order valence-corrected chi connectivity index (χ0v) is 19.4. The molecule has 2 aromatic carbocycles. The summed E-state index contributed by atoms with van der Waals surface area (Å²) in [4.78, 5) is 20.5. The molecule has 168 valence electrons. The van der Waals surface area contributed by atoms with Crippen molar-refractivity contribution in [3.63, 3.8) is 0 Å². The Bertz CT molecular complexity index is 1010. The number of hydrogen-bond acceptors (Lipinski definition) is 6. The van der Waals surface area contributed by atoms with Crippen molar-refractivity contribution in [2.75, 3.05) is 20.3 Å². The molecule has 0 N–H and O–H groups in total. The predicted molar refractivity (Wildman–Crippen MR) is 129 cm³/mol. The highest BCUT2D eigenvalue weighted by molar-refractivity contribution is 8.18. The number of carbonyl (C=O) groups is 1. The van der Waals surface area contributed by atoms with Gasteiger partial charge in [-0.25, -0.2) is 4.99 Å². The van der Waals surface area contributed by atoms with Gasteiger partial charge in [-0.2, -0.15) is 0 Å². The molecule has 1 atom stereocenters. The number of thioether (sulfide) groups is 1. The van der Waals surface area contributed by atoms with E-state index in [0.717, 1.165) is 30.7 Å². The lowest BCUT2D eigenvalue weighted by atomic mass is 10.1. The van der Waals surface area contributed by atoms with Crippen LogP contribution in [0.15, 0.2) is 58.4 Å². The van der Waals surface area contributed by atoms with Crippen LogP contribution in [0.4, 0.5) is 5.69 Å². The van der Waals surface area contributed by atoms with E-state index < -0.39 is 0 Å². The molecular weight excluding hydrogens is 424 g/mol. The summed E-state index contributed by atoms with van der Waals surface area (Å²) in [5.74, 6) is 1.20. The highest BCUT2D eigenvalue weighted by Crippen LogP contribution is 2.39. The van der Waals surface area contributed by atoms with Crippen LogP contribution in [0.2, 0.25) is 0 Å². The molecule has 32 heavy (non-hydrogen) atoms. The van der Waals surface area contributed by atoms with Crippen LogP contribution >= 0.6 is 11.8 Å². The summed E-state index contributed by atoms with van der Waals surface area (Å²) in [6, 6.07) is 15.4. The van der Waals surface area contributed by atoms with E-state index in [2.05, 4.69) is 0 Å². The van der Waals surface area contributed by atoms with Crippen molar-refractivity contribution in [2.45, 2.75) is 38.9 Å². The van der Waals surface area contributed by atoms with Crippen molar-refractivity contribution < 1.29 is 19.0 Å². The normalized spacial score (nSPS) is 21.2. The quantitative estimate of drug-likeness (QED) is 0.536. The maximum absolute atomic E-state index is 13.4. The van der Waals surface area contributed by atoms with Crippen LogP contribution in [-0.4, -0.2) is 48.4 Å². The number of para-hydroxylation sites is 2. The molecule has 2 fully saturated rings. The molecule has 7 heteroatoms. The van der Waals surface area contributed by atoms with Crippen molar-refractivity contribution in [3.8, 4) is 11.5 Å². The first-order valence-corrected chi connectivity index (χ1v) is 11.7. The smallest absolute Gasteiger partial charge is 0.266 e. The average molecular weight is 453 g/mol. The number of nitrogens with zero attached hydrogens (tertiary/aromatic N) is 2. The summed E-state index contributed by atoms with van der Waals surface area (Å²) in [7, 11) is 1.61. The number of benzene rings is 2. The Morgan fingerprint density at radius 1 is 1.22 bits per heavy atom. The minimum Gasteiger partial charge on any atom is -0.493 e. The lowest BCUT2D eigenvalue weighted by molar-refractivity contribution is -0.123. The van der Waals surface area contributed by atoms with E-state index in [4.69, 9.17) is 19.2 Å². The van der Waals surface area contributed by atoms with Gasteiger partial charge in [-0.15, -0.1) is 0 Å². The molecule has 4 rings (SSSR count). The van der Waals surface area contributed by atoms with Crippen molar-refractivity contribution in [1.82, 2.24) is 4.90 Å². The van der Waals surface area contributed by atoms with Crippen molar-refractivity contribution >= 4 is 34.6 Å². The number of hydrogen-bond donors (Lipinski definition) is 0. The summed E-state index contributed by atoms with van der Waals surface area (Å²) in [5.41, 5.74) is 1.61. The van der Waals surface area contributed by atoms with E-state index in [-0.39, 0.29) is 18.1 Å². The molecule has 2 heterocycles. The van der Waals surface area contributed by atoms with Gasteiger partial charge in [-0.3, -0.25) is 9.69 Å². The second-order valence-corrected chi connectivity index (χ2v) is 8.95. The largest absolute Gasteiger partial charge is 0.493 e. The Labute approximate surface area is 193 Å². The van der Waals surface area contributed by atoms with E-state index in [1.807, 2.05) is 68.5 Å². The fraction of sp³-hybridized carbons (Fsp3) is 0.360. The first-order chi connectivity index (χ1) is 15.5. The van der Waals surface area contributed by atoms with E-state index >= 15 is 0 Å². The maximum Gasteiger partial charge on any atom is 0.266 e. The van der Waals surface area contributed by atoms with Gasteiger partial charge in [0, 0.05) is 12.2 Å². The highest BCUT2D eigenvalue weighted by Gasteiger charge is 2.36. The van der Waals surface area contributed by atoms with Gasteiger partial charge in [0.25, 0.3) is 5.91 Å². The molecule has 0 bridgehead atoms. The van der Waals surface area contributed by atoms with Gasteiger partial charge in [-0.05, 0) is 62.7 Å². The number of rotatable bonds is 7. The van der Waals surface area contributed by atoms with Gasteiger partial charge in [0.05, 0.1) is 36.5 Å². The molecule has 0 aliphatic carbocycles. The summed E-state index contributed by atoms with van der Waals surface area (Å²) >= 11 is 1.38. The van der Waals surface area contributed by atoms with Crippen LogP contribution in [0, 0.1) is 0 Å². The van der Waals surface area contributed by atoms with Gasteiger partial charge >= 0.3 is 0 Å². The van der Waals surface area contributed by atoms with Crippen LogP contribution in [0.5, 0.6) is 11.5 Å². The van der Waals surface area contributed by atoms with Gasteiger partial charge in [0.15, 0.2) is 16.7 Å². The second-order valence-electron chi connectivity index (χ2n) is 7.94. The van der Waals surface area contributed by atoms with Gasteiger partial charge in [-0.1, -0.05) is 30.3 Å². The molecule has 0 radical (unpaired) electrons. The van der Waals surface area contributed by atoms with Crippen molar-refractivity contribution in [1.29, 1.82) is 0 Å². The summed E-state index contributed by atoms with van der Waals surface area (Å²) in [6.07, 6.45) is 3.85. The van der Waals surface area contributed by atoms with Crippen LogP contribution < -0.4 is 9.47 Å². The molecule has 6 nitrogen and oxygen atoms in total. The lowest BCUT2D eigenvalue weighted by Crippen LogP contribution is -2.36. The molecule has 0 saturated carbocycles. The lowest BCUT2D eigenvalue weighted by Gasteiger charge is -2.19. The summed E-state index contributed by atoms with van der Waals surface area (Å²) in [5, 5.41) is 0.664. The van der Waals surface area contributed by atoms with Crippen LogP contribution in [0.25, 0.3) is 6.08 Å². The number of carbonyl (C=O) groups excluding carboxylic acids is 1. The number of amides is 1. The minimum atomic E-state index is -0.0708. The summed E-state index contributed by atoms with van der Waals surface area (Å²) < 4.78 is 17.3. The van der Waals surface area contributed by atoms with Crippen LogP contribution in [0.3, 0.4) is 0 Å². The van der Waals surface area contributed by atoms with Gasteiger partial charge in [0.2, 0.25) is 0 Å². The fourth-order valence-corrected chi connectivity index (χ4v) is 4.67. The molecule has 0 unspecified atom stereocenters. The molecule has 2 aliphatic rings. The average Bonchev–Trinajstić information content (AvgIpc) is 3.40. The Balaban J connectivity index is 1.70. The first-order valence-electron chi connectivity index (χ1n) is 10.9. The topological polar surface area (TPSA) is 60.4 Å². The Kier molecular flexibility index (Phi) is 7.17. The number of methoxy groups -OCH3 is 1. The van der Waals surface area contributed by atoms with E-state index in [1.165, 1.54) is 11.8 Å². The molecule has 2 saturated heterocycles. The third-order valence-electron chi connectivity index (χ3n) is 5.15. The molecule has 2 aliphatic heterocycles. The van der Waals surface area contributed by atoms with Crippen molar-refractivity contribution in [2.24, 2.45) is 4.99 Å². The third kappa shape index (κ3) is 5.16. The van der Waals surface area contributed by atoms with Crippen molar-refractivity contribution in [3.05, 3.63) is 59.0 Å². The molecule has 2 aromatic rings. The van der Waals surface area contributed by atoms with Crippen LogP contribution in [-0.2, 0) is 9.53 Å². The Hall–Kier alpha value is -2.77. The molecule has 1 amide bonds. The second kappa shape index (κ2) is 10.2. The van der Waals surface area contributed by atoms with E-state index in [1.54, 1.807) is 12.0 Å². The zero-order valence-electron chi connectivity index (χ0n) is 18.6. The van der Waals surface area contributed by atoms with Gasteiger partial charge in [0.1, 0.15) is 0 Å². The number of amidine groups is 1.